The van der Waals surface area contributed by atoms with Crippen LogP contribution in [0.1, 0.15) is 23.2 Å². The van der Waals surface area contributed by atoms with E-state index >= 15 is 0 Å². The van der Waals surface area contributed by atoms with E-state index in [1.807, 2.05) is 0 Å². The molecule has 1 aromatic rings. The predicted octanol–water partition coefficient (Wildman–Crippen LogP) is 2.54. The van der Waals surface area contributed by atoms with Crippen LogP contribution in [0, 0.1) is 27.9 Å². The molecule has 1 N–H and O–H groups in total. The van der Waals surface area contributed by atoms with Crippen molar-refractivity contribution >= 4 is 11.6 Å². The number of carbonyl (C=O) groups excluding carboxylic acids is 1. The number of rotatable bonds is 4. The Hall–Kier alpha value is -2.17. The second kappa shape index (κ2) is 5.07. The highest BCUT2D eigenvalue weighted by Crippen LogP contribution is 2.42. The third kappa shape index (κ3) is 2.43. The number of nitrogens with zero attached hydrogens (tertiary/aromatic N) is 1. The Kier molecular flexibility index (Phi) is 3.26. The van der Waals surface area contributed by atoms with E-state index < -0.39 is 4.92 Å². The molecule has 1 saturated carbocycles. The van der Waals surface area contributed by atoms with Gasteiger partial charge < -0.3 is 5.32 Å². The van der Waals surface area contributed by atoms with Gasteiger partial charge in [-0.25, -0.2) is 0 Å². The van der Waals surface area contributed by atoms with Crippen LogP contribution in [-0.2, 0) is 0 Å². The van der Waals surface area contributed by atoms with Crippen molar-refractivity contribution in [3.63, 3.8) is 0 Å². The number of fused-ring (bicyclic) bond motifs is 2. The molecule has 5 heteroatoms. The van der Waals surface area contributed by atoms with Crippen molar-refractivity contribution in [1.29, 1.82) is 0 Å². The Bertz CT molecular complexity index is 565. The Labute approximate surface area is 116 Å². The summed E-state index contributed by atoms with van der Waals surface area (Å²) in [5.74, 6) is 1.68. The maximum absolute atomic E-state index is 12.0. The van der Waals surface area contributed by atoms with Gasteiger partial charge in [-0.05, 0) is 42.7 Å². The van der Waals surface area contributed by atoms with Gasteiger partial charge in [0.05, 0.1) is 4.92 Å². The number of carbonyl (C=O) groups is 1. The van der Waals surface area contributed by atoms with Crippen molar-refractivity contribution in [1.82, 2.24) is 5.32 Å². The summed E-state index contributed by atoms with van der Waals surface area (Å²) in [6.07, 6.45) is 6.91. The van der Waals surface area contributed by atoms with E-state index in [1.54, 1.807) is 0 Å². The van der Waals surface area contributed by atoms with Gasteiger partial charge in [0.1, 0.15) is 0 Å². The number of nitro benzene ring substituents is 1. The SMILES string of the molecule is O=C(NC[C@@H]1C[C@H]2C=C[C@@H]1C2)c1ccc([N+](=O)[O-])cc1. The second-order valence-electron chi connectivity index (χ2n) is 5.55. The summed E-state index contributed by atoms with van der Waals surface area (Å²) in [4.78, 5) is 22.1. The lowest BCUT2D eigenvalue weighted by atomic mass is 9.93. The molecule has 0 spiro atoms. The van der Waals surface area contributed by atoms with Crippen LogP contribution in [0.25, 0.3) is 0 Å². The van der Waals surface area contributed by atoms with E-state index in [0.29, 0.717) is 29.9 Å². The molecule has 0 saturated heterocycles. The minimum absolute atomic E-state index is 0.000195. The van der Waals surface area contributed by atoms with Crippen LogP contribution in [0.4, 0.5) is 5.69 Å². The maximum Gasteiger partial charge on any atom is 0.269 e. The first-order valence-corrected chi connectivity index (χ1v) is 6.84. The lowest BCUT2D eigenvalue weighted by Crippen LogP contribution is -2.30. The molecule has 0 aliphatic heterocycles. The van der Waals surface area contributed by atoms with E-state index in [9.17, 15) is 14.9 Å². The van der Waals surface area contributed by atoms with Crippen LogP contribution >= 0.6 is 0 Å². The molecular weight excluding hydrogens is 256 g/mol. The fourth-order valence-electron chi connectivity index (χ4n) is 3.19. The zero-order chi connectivity index (χ0) is 14.1. The van der Waals surface area contributed by atoms with Crippen LogP contribution in [0.2, 0.25) is 0 Å². The van der Waals surface area contributed by atoms with Crippen LogP contribution in [0.3, 0.4) is 0 Å². The van der Waals surface area contributed by atoms with Crippen molar-refractivity contribution in [2.75, 3.05) is 6.54 Å². The van der Waals surface area contributed by atoms with Gasteiger partial charge in [0.25, 0.3) is 11.6 Å². The van der Waals surface area contributed by atoms with Crippen molar-refractivity contribution in [3.8, 4) is 0 Å². The number of amides is 1. The largest absolute Gasteiger partial charge is 0.352 e. The van der Waals surface area contributed by atoms with Crippen molar-refractivity contribution in [2.24, 2.45) is 17.8 Å². The number of hydrogen-bond donors (Lipinski definition) is 1. The molecule has 5 nitrogen and oxygen atoms in total. The van der Waals surface area contributed by atoms with Gasteiger partial charge in [-0.15, -0.1) is 0 Å². The highest BCUT2D eigenvalue weighted by atomic mass is 16.6. The fourth-order valence-corrected chi connectivity index (χ4v) is 3.19. The molecule has 1 amide bonds. The highest BCUT2D eigenvalue weighted by Gasteiger charge is 2.35. The lowest BCUT2D eigenvalue weighted by molar-refractivity contribution is -0.384. The van der Waals surface area contributed by atoms with E-state index in [4.69, 9.17) is 0 Å². The molecular formula is C15H16N2O3. The second-order valence-corrected chi connectivity index (χ2v) is 5.55. The molecule has 2 aliphatic carbocycles. The third-order valence-corrected chi connectivity index (χ3v) is 4.28. The molecule has 1 fully saturated rings. The van der Waals surface area contributed by atoms with Crippen molar-refractivity contribution < 1.29 is 9.72 Å². The summed E-state index contributed by atoms with van der Waals surface area (Å²) in [7, 11) is 0. The topological polar surface area (TPSA) is 72.2 Å². The molecule has 20 heavy (non-hydrogen) atoms. The van der Waals surface area contributed by atoms with Gasteiger partial charge in [-0.2, -0.15) is 0 Å². The van der Waals surface area contributed by atoms with Gasteiger partial charge in [0.2, 0.25) is 0 Å². The van der Waals surface area contributed by atoms with Gasteiger partial charge in [-0.1, -0.05) is 12.2 Å². The summed E-state index contributed by atoms with van der Waals surface area (Å²) < 4.78 is 0. The monoisotopic (exact) mass is 272 g/mol. The van der Waals surface area contributed by atoms with Crippen LogP contribution in [0.5, 0.6) is 0 Å². The Morgan fingerprint density at radius 1 is 1.25 bits per heavy atom. The van der Waals surface area contributed by atoms with E-state index in [-0.39, 0.29) is 11.6 Å². The van der Waals surface area contributed by atoms with E-state index in [2.05, 4.69) is 17.5 Å². The molecule has 0 heterocycles. The van der Waals surface area contributed by atoms with Crippen LogP contribution < -0.4 is 5.32 Å². The van der Waals surface area contributed by atoms with E-state index in [1.165, 1.54) is 30.7 Å². The standard InChI is InChI=1S/C15H16N2O3/c18-15(11-3-5-14(6-4-11)17(19)20)16-9-13-8-10-1-2-12(13)7-10/h1-6,10,12-13H,7-9H2,(H,16,18)/t10-,12+,13-/m0/s1. The molecule has 0 radical (unpaired) electrons. The quantitative estimate of drug-likeness (QED) is 0.520. The fraction of sp³-hybridized carbons (Fsp3) is 0.400. The molecule has 1 aromatic carbocycles. The van der Waals surface area contributed by atoms with Crippen LogP contribution in [-0.4, -0.2) is 17.4 Å². The molecule has 0 aromatic heterocycles. The predicted molar refractivity (Wildman–Crippen MR) is 74.3 cm³/mol. The number of nitro groups is 1. The Balaban J connectivity index is 1.56. The molecule has 3 rings (SSSR count). The summed E-state index contributed by atoms with van der Waals surface area (Å²) >= 11 is 0. The zero-order valence-electron chi connectivity index (χ0n) is 11.0. The summed E-state index contributed by atoms with van der Waals surface area (Å²) in [5.41, 5.74) is 0.467. The molecule has 3 atom stereocenters. The Morgan fingerprint density at radius 3 is 2.55 bits per heavy atom. The summed E-state index contributed by atoms with van der Waals surface area (Å²) in [5, 5.41) is 13.5. The van der Waals surface area contributed by atoms with Gasteiger partial charge >= 0.3 is 0 Å². The minimum Gasteiger partial charge on any atom is -0.352 e. The summed E-state index contributed by atoms with van der Waals surface area (Å²) in [6.45, 7) is 0.682. The van der Waals surface area contributed by atoms with Gasteiger partial charge in [0, 0.05) is 24.2 Å². The highest BCUT2D eigenvalue weighted by molar-refractivity contribution is 5.94. The average molecular weight is 272 g/mol. The first kappa shape index (κ1) is 12.8. The number of allylic oxidation sites excluding steroid dienone is 2. The van der Waals surface area contributed by atoms with Crippen LogP contribution in [0.15, 0.2) is 36.4 Å². The third-order valence-electron chi connectivity index (χ3n) is 4.28. The minimum atomic E-state index is -0.469. The first-order chi connectivity index (χ1) is 9.63. The first-order valence-electron chi connectivity index (χ1n) is 6.84. The van der Waals surface area contributed by atoms with Gasteiger partial charge in [0.15, 0.2) is 0 Å². The number of benzene rings is 1. The Morgan fingerprint density at radius 2 is 2.00 bits per heavy atom. The molecule has 2 aliphatic rings. The molecule has 0 unspecified atom stereocenters. The number of hydrogen-bond acceptors (Lipinski definition) is 3. The number of non-ortho nitro benzene ring substituents is 1. The summed E-state index contributed by atoms with van der Waals surface area (Å²) in [6, 6.07) is 5.70. The smallest absolute Gasteiger partial charge is 0.269 e. The average Bonchev–Trinajstić information content (AvgIpc) is 3.07. The maximum atomic E-state index is 12.0. The normalized spacial score (nSPS) is 26.7. The van der Waals surface area contributed by atoms with E-state index in [0.717, 1.165) is 6.42 Å². The van der Waals surface area contributed by atoms with Gasteiger partial charge in [-0.3, -0.25) is 14.9 Å². The number of nitrogens with one attached hydrogen (secondary N) is 1. The molecule has 2 bridgehead atoms. The van der Waals surface area contributed by atoms with Crippen molar-refractivity contribution in [3.05, 3.63) is 52.1 Å². The zero-order valence-corrected chi connectivity index (χ0v) is 11.0. The molecule has 104 valence electrons. The lowest BCUT2D eigenvalue weighted by Gasteiger charge is -2.18. The van der Waals surface area contributed by atoms with Crippen molar-refractivity contribution in [2.45, 2.75) is 12.8 Å².